The van der Waals surface area contributed by atoms with Crippen LogP contribution in [-0.2, 0) is 0 Å². The summed E-state index contributed by atoms with van der Waals surface area (Å²) in [6.45, 7) is 0. The van der Waals surface area contributed by atoms with Gasteiger partial charge in [0.15, 0.2) is 16.8 Å². The number of carbonyl (C=O) groups is 1. The molecule has 0 aliphatic carbocycles. The third kappa shape index (κ3) is 3.62. The lowest BCUT2D eigenvalue weighted by molar-refractivity contribution is 0.102. The Hall–Kier alpha value is -2.12. The van der Waals surface area contributed by atoms with Crippen LogP contribution in [0.5, 0.6) is 0 Å². The molecule has 0 fully saturated rings. The smallest absolute Gasteiger partial charge is 0.257 e. The fourth-order valence-corrected chi connectivity index (χ4v) is 2.87. The molecular weight excluding hydrogens is 386 g/mol. The van der Waals surface area contributed by atoms with Gasteiger partial charge in [-0.1, -0.05) is 15.9 Å². The zero-order valence-electron chi connectivity index (χ0n) is 11.5. The molecule has 2 aromatic carbocycles. The molecule has 0 aliphatic heterocycles. The molecule has 7 heteroatoms. The van der Waals surface area contributed by atoms with E-state index in [1.54, 1.807) is 29.6 Å². The molecular formula is C16H9BrF2N2OS. The zero-order chi connectivity index (χ0) is 16.4. The van der Waals surface area contributed by atoms with E-state index in [2.05, 4.69) is 26.2 Å². The number of benzene rings is 2. The second-order valence-electron chi connectivity index (χ2n) is 4.63. The van der Waals surface area contributed by atoms with Crippen molar-refractivity contribution in [1.29, 1.82) is 0 Å². The molecule has 1 heterocycles. The van der Waals surface area contributed by atoms with Crippen LogP contribution in [0.4, 0.5) is 13.9 Å². The van der Waals surface area contributed by atoms with E-state index in [1.807, 2.05) is 0 Å². The first kappa shape index (κ1) is 15.8. The van der Waals surface area contributed by atoms with Crippen LogP contribution in [0.1, 0.15) is 10.4 Å². The van der Waals surface area contributed by atoms with Gasteiger partial charge in [0.25, 0.3) is 5.91 Å². The summed E-state index contributed by atoms with van der Waals surface area (Å²) in [6.07, 6.45) is 0. The van der Waals surface area contributed by atoms with Crippen LogP contribution < -0.4 is 5.32 Å². The molecule has 1 aromatic heterocycles. The standard InChI is InChI=1S/C16H9BrF2N2OS/c17-11-4-1-9(2-5-11)15(22)21-16-20-14(8-23-16)10-3-6-12(18)13(19)7-10/h1-8H,(H,20,21,22). The Kier molecular flexibility index (Phi) is 4.49. The van der Waals surface area contributed by atoms with E-state index < -0.39 is 11.6 Å². The molecule has 0 unspecified atom stereocenters. The fourth-order valence-electron chi connectivity index (χ4n) is 1.89. The van der Waals surface area contributed by atoms with Gasteiger partial charge in [-0.2, -0.15) is 0 Å². The predicted molar refractivity (Wildman–Crippen MR) is 89.6 cm³/mol. The van der Waals surface area contributed by atoms with Crippen molar-refractivity contribution in [2.75, 3.05) is 5.32 Å². The minimum Gasteiger partial charge on any atom is -0.298 e. The highest BCUT2D eigenvalue weighted by molar-refractivity contribution is 9.10. The van der Waals surface area contributed by atoms with Crippen LogP contribution in [0, 0.1) is 11.6 Å². The van der Waals surface area contributed by atoms with Crippen molar-refractivity contribution >= 4 is 38.3 Å². The van der Waals surface area contributed by atoms with E-state index >= 15 is 0 Å². The fraction of sp³-hybridized carbons (Fsp3) is 0. The zero-order valence-corrected chi connectivity index (χ0v) is 13.9. The van der Waals surface area contributed by atoms with Gasteiger partial charge in [0.2, 0.25) is 0 Å². The molecule has 1 amide bonds. The second kappa shape index (κ2) is 6.55. The van der Waals surface area contributed by atoms with Crippen molar-refractivity contribution in [3.8, 4) is 11.3 Å². The van der Waals surface area contributed by atoms with Crippen molar-refractivity contribution < 1.29 is 13.6 Å². The van der Waals surface area contributed by atoms with Gasteiger partial charge in [-0.05, 0) is 42.5 Å². The minimum atomic E-state index is -0.934. The largest absolute Gasteiger partial charge is 0.298 e. The highest BCUT2D eigenvalue weighted by Gasteiger charge is 2.11. The van der Waals surface area contributed by atoms with Crippen molar-refractivity contribution in [2.24, 2.45) is 0 Å². The van der Waals surface area contributed by atoms with Gasteiger partial charge in [-0.3, -0.25) is 10.1 Å². The molecule has 1 N–H and O–H groups in total. The first-order valence-electron chi connectivity index (χ1n) is 6.51. The van der Waals surface area contributed by atoms with Gasteiger partial charge >= 0.3 is 0 Å². The number of nitrogens with one attached hydrogen (secondary N) is 1. The Labute approximate surface area is 143 Å². The summed E-state index contributed by atoms with van der Waals surface area (Å²) in [6, 6.07) is 10.5. The Morgan fingerprint density at radius 1 is 1.09 bits per heavy atom. The van der Waals surface area contributed by atoms with Crippen molar-refractivity contribution in [2.45, 2.75) is 0 Å². The Bertz CT molecular complexity index is 865. The van der Waals surface area contributed by atoms with Crippen molar-refractivity contribution in [3.05, 3.63) is 69.5 Å². The number of thiazole rings is 1. The van der Waals surface area contributed by atoms with E-state index in [-0.39, 0.29) is 5.91 Å². The maximum Gasteiger partial charge on any atom is 0.257 e. The number of halogens is 3. The molecule has 0 atom stereocenters. The first-order chi connectivity index (χ1) is 11.0. The molecule has 0 radical (unpaired) electrons. The normalized spacial score (nSPS) is 10.6. The molecule has 3 rings (SSSR count). The third-order valence-corrected chi connectivity index (χ3v) is 4.33. The maximum absolute atomic E-state index is 13.3. The molecule has 3 aromatic rings. The van der Waals surface area contributed by atoms with Gasteiger partial charge in [-0.25, -0.2) is 13.8 Å². The lowest BCUT2D eigenvalue weighted by Crippen LogP contribution is -2.11. The number of rotatable bonds is 3. The number of hydrogen-bond acceptors (Lipinski definition) is 3. The molecule has 116 valence electrons. The van der Waals surface area contributed by atoms with Gasteiger partial charge in [0.05, 0.1) is 5.69 Å². The Balaban J connectivity index is 1.77. The summed E-state index contributed by atoms with van der Waals surface area (Å²) in [7, 11) is 0. The average molecular weight is 395 g/mol. The van der Waals surface area contributed by atoms with Gasteiger partial charge in [-0.15, -0.1) is 11.3 Å². The van der Waals surface area contributed by atoms with Crippen LogP contribution in [-0.4, -0.2) is 10.9 Å². The van der Waals surface area contributed by atoms with Crippen molar-refractivity contribution in [1.82, 2.24) is 4.98 Å². The molecule has 0 aliphatic rings. The van der Waals surface area contributed by atoms with Crippen LogP contribution in [0.25, 0.3) is 11.3 Å². The number of anilines is 1. The molecule has 0 spiro atoms. The highest BCUT2D eigenvalue weighted by Crippen LogP contribution is 2.26. The second-order valence-corrected chi connectivity index (χ2v) is 6.40. The van der Waals surface area contributed by atoms with E-state index in [0.29, 0.717) is 22.0 Å². The maximum atomic E-state index is 13.3. The third-order valence-electron chi connectivity index (χ3n) is 3.05. The molecule has 23 heavy (non-hydrogen) atoms. The van der Waals surface area contributed by atoms with Gasteiger partial charge < -0.3 is 0 Å². The minimum absolute atomic E-state index is 0.288. The summed E-state index contributed by atoms with van der Waals surface area (Å²) in [5.74, 6) is -2.13. The predicted octanol–water partition coefficient (Wildman–Crippen LogP) is 5.10. The molecule has 0 saturated carbocycles. The summed E-state index contributed by atoms with van der Waals surface area (Å²) in [5, 5.41) is 4.74. The first-order valence-corrected chi connectivity index (χ1v) is 8.18. The number of hydrogen-bond donors (Lipinski definition) is 1. The Morgan fingerprint density at radius 2 is 1.83 bits per heavy atom. The van der Waals surface area contributed by atoms with Gasteiger partial charge in [0, 0.05) is 21.0 Å². The molecule has 0 saturated heterocycles. The average Bonchev–Trinajstić information content (AvgIpc) is 2.99. The lowest BCUT2D eigenvalue weighted by atomic mass is 10.2. The van der Waals surface area contributed by atoms with E-state index in [4.69, 9.17) is 0 Å². The number of amides is 1. The monoisotopic (exact) mass is 394 g/mol. The van der Waals surface area contributed by atoms with E-state index in [9.17, 15) is 13.6 Å². The highest BCUT2D eigenvalue weighted by atomic mass is 79.9. The number of carbonyl (C=O) groups excluding carboxylic acids is 1. The van der Waals surface area contributed by atoms with Gasteiger partial charge in [0.1, 0.15) is 0 Å². The summed E-state index contributed by atoms with van der Waals surface area (Å²) >= 11 is 4.51. The quantitative estimate of drug-likeness (QED) is 0.670. The van der Waals surface area contributed by atoms with E-state index in [1.165, 1.54) is 17.4 Å². The number of nitrogens with zero attached hydrogens (tertiary/aromatic N) is 1. The van der Waals surface area contributed by atoms with Crippen LogP contribution >= 0.6 is 27.3 Å². The molecule has 0 bridgehead atoms. The summed E-state index contributed by atoms with van der Waals surface area (Å²) in [5.41, 5.74) is 1.42. The number of aromatic nitrogens is 1. The van der Waals surface area contributed by atoms with Crippen molar-refractivity contribution in [3.63, 3.8) is 0 Å². The van der Waals surface area contributed by atoms with Crippen LogP contribution in [0.3, 0.4) is 0 Å². The summed E-state index contributed by atoms with van der Waals surface area (Å²) in [4.78, 5) is 16.3. The molecule has 3 nitrogen and oxygen atoms in total. The topological polar surface area (TPSA) is 42.0 Å². The Morgan fingerprint density at radius 3 is 2.52 bits per heavy atom. The lowest BCUT2D eigenvalue weighted by Gasteiger charge is -2.02. The SMILES string of the molecule is O=C(Nc1nc(-c2ccc(F)c(F)c2)cs1)c1ccc(Br)cc1. The van der Waals surface area contributed by atoms with Crippen LogP contribution in [0.15, 0.2) is 52.3 Å². The van der Waals surface area contributed by atoms with Crippen LogP contribution in [0.2, 0.25) is 0 Å². The summed E-state index contributed by atoms with van der Waals surface area (Å²) < 4.78 is 27.1. The van der Waals surface area contributed by atoms with E-state index in [0.717, 1.165) is 16.6 Å².